The number of benzene rings is 2. The van der Waals surface area contributed by atoms with Gasteiger partial charge in [0.25, 0.3) is 0 Å². The van der Waals surface area contributed by atoms with E-state index in [0.717, 1.165) is 34.9 Å². The monoisotopic (exact) mass is 439 g/mol. The van der Waals surface area contributed by atoms with Crippen molar-refractivity contribution in [2.45, 2.75) is 32.9 Å². The maximum absolute atomic E-state index is 5.78. The molecule has 0 bridgehead atoms. The van der Waals surface area contributed by atoms with Crippen LogP contribution in [0.1, 0.15) is 23.7 Å². The minimum absolute atomic E-state index is 0.154. The van der Waals surface area contributed by atoms with Crippen molar-refractivity contribution in [3.63, 3.8) is 0 Å². The first-order valence-electron chi connectivity index (χ1n) is 11.0. The van der Waals surface area contributed by atoms with Gasteiger partial charge < -0.3 is 16.0 Å². The van der Waals surface area contributed by atoms with E-state index in [2.05, 4.69) is 34.3 Å². The molecule has 1 atom stereocenters. The van der Waals surface area contributed by atoms with Gasteiger partial charge in [-0.05, 0) is 37.5 Å². The molecule has 0 saturated heterocycles. The highest BCUT2D eigenvalue weighted by Gasteiger charge is 2.13. The Kier molecular flexibility index (Phi) is 6.90. The topological polar surface area (TPSA) is 92.9 Å². The molecular weight excluding hydrogens is 410 g/mol. The SMILES string of the molecule is Cc1cc(N(C)c2ccnc(-c3ccccc3)n2)nc(N[C@@H](C)Cc2cccc(CN)c2)n1. The van der Waals surface area contributed by atoms with E-state index in [-0.39, 0.29) is 6.04 Å². The lowest BCUT2D eigenvalue weighted by Gasteiger charge is -2.20. The van der Waals surface area contributed by atoms with Crippen molar-refractivity contribution in [1.29, 1.82) is 0 Å². The highest BCUT2D eigenvalue weighted by Crippen LogP contribution is 2.24. The number of anilines is 3. The fraction of sp³-hybridized carbons (Fsp3) is 0.231. The highest BCUT2D eigenvalue weighted by atomic mass is 15.3. The van der Waals surface area contributed by atoms with Gasteiger partial charge in [-0.15, -0.1) is 0 Å². The Hall–Kier alpha value is -3.84. The number of aromatic nitrogens is 4. The van der Waals surface area contributed by atoms with Crippen molar-refractivity contribution in [2.24, 2.45) is 5.73 Å². The molecule has 0 saturated carbocycles. The summed E-state index contributed by atoms with van der Waals surface area (Å²) in [7, 11) is 1.95. The van der Waals surface area contributed by atoms with Crippen molar-refractivity contribution >= 4 is 17.6 Å². The van der Waals surface area contributed by atoms with Gasteiger partial charge in [0, 0.05) is 43.2 Å². The van der Waals surface area contributed by atoms with Crippen LogP contribution in [0, 0.1) is 6.92 Å². The van der Waals surface area contributed by atoms with Crippen molar-refractivity contribution < 1.29 is 0 Å². The Bertz CT molecular complexity index is 1210. The zero-order valence-electron chi connectivity index (χ0n) is 19.2. The van der Waals surface area contributed by atoms with Gasteiger partial charge in [0.15, 0.2) is 5.82 Å². The fourth-order valence-electron chi connectivity index (χ4n) is 3.68. The zero-order chi connectivity index (χ0) is 23.2. The van der Waals surface area contributed by atoms with Gasteiger partial charge in [0.2, 0.25) is 5.95 Å². The summed E-state index contributed by atoms with van der Waals surface area (Å²) < 4.78 is 0. The summed E-state index contributed by atoms with van der Waals surface area (Å²) in [5.41, 5.74) is 10.00. The van der Waals surface area contributed by atoms with Gasteiger partial charge in [-0.25, -0.2) is 15.0 Å². The molecule has 0 aliphatic heterocycles. The molecule has 4 rings (SSSR count). The van der Waals surface area contributed by atoms with Crippen LogP contribution in [0.2, 0.25) is 0 Å². The molecule has 168 valence electrons. The Morgan fingerprint density at radius 2 is 1.70 bits per heavy atom. The predicted octanol–water partition coefficient (Wildman–Crippen LogP) is 4.51. The molecule has 2 aromatic heterocycles. The van der Waals surface area contributed by atoms with Gasteiger partial charge in [0.05, 0.1) is 0 Å². The average molecular weight is 440 g/mol. The number of rotatable bonds is 8. The smallest absolute Gasteiger partial charge is 0.225 e. The van der Waals surface area contributed by atoms with E-state index in [9.17, 15) is 0 Å². The third kappa shape index (κ3) is 5.70. The quantitative estimate of drug-likeness (QED) is 0.417. The lowest BCUT2D eigenvalue weighted by atomic mass is 10.0. The first kappa shape index (κ1) is 22.4. The summed E-state index contributed by atoms with van der Waals surface area (Å²) in [6, 6.07) is 22.3. The normalized spacial score (nSPS) is 11.8. The third-order valence-corrected chi connectivity index (χ3v) is 5.35. The lowest BCUT2D eigenvalue weighted by molar-refractivity contribution is 0.774. The minimum atomic E-state index is 0.154. The molecule has 7 nitrogen and oxygen atoms in total. The van der Waals surface area contributed by atoms with E-state index in [4.69, 9.17) is 15.7 Å². The van der Waals surface area contributed by atoms with E-state index < -0.39 is 0 Å². The van der Waals surface area contributed by atoms with Crippen molar-refractivity contribution in [3.05, 3.63) is 89.7 Å². The van der Waals surface area contributed by atoms with Crippen molar-refractivity contribution in [1.82, 2.24) is 19.9 Å². The molecule has 0 spiro atoms. The van der Waals surface area contributed by atoms with Crippen LogP contribution in [-0.2, 0) is 13.0 Å². The van der Waals surface area contributed by atoms with Crippen LogP contribution < -0.4 is 16.0 Å². The van der Waals surface area contributed by atoms with Crippen LogP contribution in [0.15, 0.2) is 72.9 Å². The number of nitrogens with two attached hydrogens (primary N) is 1. The van der Waals surface area contributed by atoms with Crippen LogP contribution in [0.25, 0.3) is 11.4 Å². The molecule has 0 unspecified atom stereocenters. The molecule has 33 heavy (non-hydrogen) atoms. The Morgan fingerprint density at radius 3 is 2.48 bits per heavy atom. The summed E-state index contributed by atoms with van der Waals surface area (Å²) in [6.07, 6.45) is 2.62. The molecule has 2 heterocycles. The summed E-state index contributed by atoms with van der Waals surface area (Å²) in [6.45, 7) is 4.64. The van der Waals surface area contributed by atoms with E-state index >= 15 is 0 Å². The molecule has 0 aliphatic rings. The largest absolute Gasteiger partial charge is 0.351 e. The Morgan fingerprint density at radius 1 is 0.909 bits per heavy atom. The van der Waals surface area contributed by atoms with Gasteiger partial charge in [0.1, 0.15) is 11.6 Å². The molecule has 0 amide bonds. The number of nitrogens with zero attached hydrogens (tertiary/aromatic N) is 5. The molecule has 0 fully saturated rings. The maximum Gasteiger partial charge on any atom is 0.225 e. The molecule has 3 N–H and O–H groups in total. The summed E-state index contributed by atoms with van der Waals surface area (Å²) in [5.74, 6) is 2.80. The first-order chi connectivity index (χ1) is 16.0. The Labute approximate surface area is 194 Å². The molecule has 2 aromatic carbocycles. The number of nitrogens with one attached hydrogen (secondary N) is 1. The second-order valence-electron chi connectivity index (χ2n) is 8.13. The molecule has 0 radical (unpaired) electrons. The summed E-state index contributed by atoms with van der Waals surface area (Å²) in [4.78, 5) is 20.4. The molecular formula is C26H29N7. The van der Waals surface area contributed by atoms with Crippen molar-refractivity contribution in [2.75, 3.05) is 17.3 Å². The van der Waals surface area contributed by atoms with Crippen LogP contribution in [0.4, 0.5) is 17.6 Å². The van der Waals surface area contributed by atoms with E-state index in [1.165, 1.54) is 5.56 Å². The van der Waals surface area contributed by atoms with Crippen LogP contribution >= 0.6 is 0 Å². The van der Waals surface area contributed by atoms with E-state index in [0.29, 0.717) is 18.3 Å². The van der Waals surface area contributed by atoms with Gasteiger partial charge >= 0.3 is 0 Å². The summed E-state index contributed by atoms with van der Waals surface area (Å²) >= 11 is 0. The third-order valence-electron chi connectivity index (χ3n) is 5.35. The minimum Gasteiger partial charge on any atom is -0.351 e. The van der Waals surface area contributed by atoms with Gasteiger partial charge in [-0.2, -0.15) is 4.98 Å². The lowest BCUT2D eigenvalue weighted by Crippen LogP contribution is -2.21. The molecule has 4 aromatic rings. The van der Waals surface area contributed by atoms with E-state index in [1.54, 1.807) is 6.20 Å². The zero-order valence-corrected chi connectivity index (χ0v) is 19.2. The number of aryl methyl sites for hydroxylation is 1. The van der Waals surface area contributed by atoms with Crippen LogP contribution in [0.5, 0.6) is 0 Å². The van der Waals surface area contributed by atoms with Crippen molar-refractivity contribution in [3.8, 4) is 11.4 Å². The average Bonchev–Trinajstić information content (AvgIpc) is 2.84. The van der Waals surface area contributed by atoms with Crippen LogP contribution in [-0.4, -0.2) is 33.0 Å². The maximum atomic E-state index is 5.78. The second-order valence-corrected chi connectivity index (χ2v) is 8.13. The second kappa shape index (κ2) is 10.2. The predicted molar refractivity (Wildman–Crippen MR) is 133 cm³/mol. The first-order valence-corrected chi connectivity index (χ1v) is 11.0. The number of hydrogen-bond acceptors (Lipinski definition) is 7. The fourth-order valence-corrected chi connectivity index (χ4v) is 3.68. The van der Waals surface area contributed by atoms with Crippen LogP contribution in [0.3, 0.4) is 0 Å². The molecule has 7 heteroatoms. The number of hydrogen-bond donors (Lipinski definition) is 2. The van der Waals surface area contributed by atoms with Gasteiger partial charge in [-0.3, -0.25) is 0 Å². The summed E-state index contributed by atoms with van der Waals surface area (Å²) in [5, 5.41) is 3.44. The highest BCUT2D eigenvalue weighted by molar-refractivity contribution is 5.61. The Balaban J connectivity index is 1.52. The van der Waals surface area contributed by atoms with Gasteiger partial charge in [-0.1, -0.05) is 54.6 Å². The standard InChI is InChI=1S/C26H29N7/c1-18(14-20-8-7-9-21(16-20)17-27)29-26-30-19(2)15-24(32-26)33(3)23-12-13-28-25(31-23)22-10-5-4-6-11-22/h4-13,15-16,18H,14,17,27H2,1-3H3,(H,29,30,32)/t18-/m0/s1. The molecule has 0 aliphatic carbocycles. The van der Waals surface area contributed by atoms with E-state index in [1.807, 2.05) is 73.5 Å².